The summed E-state index contributed by atoms with van der Waals surface area (Å²) in [7, 11) is 0. The number of allylic oxidation sites excluding steroid dienone is 2. The number of hydrogen-bond acceptors (Lipinski definition) is 4. The largest absolute Gasteiger partial charge is 0.481 e. The zero-order chi connectivity index (χ0) is 16.7. The minimum atomic E-state index is -0.892. The Balaban J connectivity index is 1.52. The number of benzene rings is 1. The predicted octanol–water partition coefficient (Wildman–Crippen LogP) is 3.27. The van der Waals surface area contributed by atoms with E-state index in [1.165, 1.54) is 11.3 Å². The number of hydrogen-bond donors (Lipinski definition) is 2. The molecule has 2 aromatic rings. The van der Waals surface area contributed by atoms with Crippen LogP contribution in [0.25, 0.3) is 11.3 Å². The van der Waals surface area contributed by atoms with Crippen molar-refractivity contribution in [3.05, 3.63) is 47.9 Å². The highest BCUT2D eigenvalue weighted by atomic mass is 32.1. The molecule has 0 saturated heterocycles. The van der Waals surface area contributed by atoms with E-state index in [-0.39, 0.29) is 17.7 Å². The first-order chi connectivity index (χ1) is 11.6. The van der Waals surface area contributed by atoms with Crippen LogP contribution >= 0.6 is 11.3 Å². The van der Waals surface area contributed by atoms with Gasteiger partial charge in [0.25, 0.3) is 0 Å². The lowest BCUT2D eigenvalue weighted by atomic mass is 9.82. The van der Waals surface area contributed by atoms with Crippen molar-refractivity contribution < 1.29 is 14.7 Å². The number of fused-ring (bicyclic) bond motifs is 2. The minimum absolute atomic E-state index is 0.0182. The molecular formula is C18H16N2O3S. The van der Waals surface area contributed by atoms with E-state index in [2.05, 4.69) is 10.3 Å². The number of anilines is 1. The summed E-state index contributed by atoms with van der Waals surface area (Å²) in [6, 6.07) is 9.73. The van der Waals surface area contributed by atoms with Crippen molar-refractivity contribution in [1.29, 1.82) is 0 Å². The van der Waals surface area contributed by atoms with Crippen molar-refractivity contribution in [2.75, 3.05) is 5.32 Å². The number of carbonyl (C=O) groups excluding carboxylic acids is 1. The molecule has 2 bridgehead atoms. The highest BCUT2D eigenvalue weighted by Gasteiger charge is 2.51. The van der Waals surface area contributed by atoms with Crippen molar-refractivity contribution in [3.63, 3.8) is 0 Å². The van der Waals surface area contributed by atoms with Crippen molar-refractivity contribution in [1.82, 2.24) is 4.98 Å². The van der Waals surface area contributed by atoms with Gasteiger partial charge in [-0.1, -0.05) is 42.5 Å². The molecule has 2 aliphatic carbocycles. The summed E-state index contributed by atoms with van der Waals surface area (Å²) in [5, 5.41) is 14.7. The lowest BCUT2D eigenvalue weighted by Gasteiger charge is -2.23. The van der Waals surface area contributed by atoms with E-state index in [1.54, 1.807) is 0 Å². The van der Waals surface area contributed by atoms with Gasteiger partial charge in [-0.15, -0.1) is 11.3 Å². The maximum atomic E-state index is 12.6. The van der Waals surface area contributed by atoms with Crippen LogP contribution in [-0.2, 0) is 9.59 Å². The summed E-state index contributed by atoms with van der Waals surface area (Å²) in [5.41, 5.74) is 1.79. The highest BCUT2D eigenvalue weighted by Crippen LogP contribution is 2.48. The smallest absolute Gasteiger partial charge is 0.307 e. The quantitative estimate of drug-likeness (QED) is 0.837. The molecule has 1 fully saturated rings. The number of carbonyl (C=O) groups is 2. The van der Waals surface area contributed by atoms with Gasteiger partial charge >= 0.3 is 5.97 Å². The molecule has 24 heavy (non-hydrogen) atoms. The van der Waals surface area contributed by atoms with Gasteiger partial charge in [0.05, 0.1) is 17.5 Å². The summed E-state index contributed by atoms with van der Waals surface area (Å²) in [6.07, 6.45) is 4.66. The average Bonchev–Trinajstić information content (AvgIpc) is 3.30. The van der Waals surface area contributed by atoms with Crippen molar-refractivity contribution in [2.24, 2.45) is 23.7 Å². The summed E-state index contributed by atoms with van der Waals surface area (Å²) >= 11 is 1.35. The van der Waals surface area contributed by atoms with Crippen molar-refractivity contribution in [2.45, 2.75) is 6.42 Å². The molecular weight excluding hydrogens is 324 g/mol. The van der Waals surface area contributed by atoms with Gasteiger partial charge < -0.3 is 10.4 Å². The number of aromatic nitrogens is 1. The normalized spacial score (nSPS) is 27.3. The SMILES string of the molecule is O=C(Nc1nc(-c2ccccc2)cs1)[C@@H]1[C@H](C(=O)O)[C@@H]2C=C[C@H]1C2. The number of rotatable bonds is 4. The van der Waals surface area contributed by atoms with Gasteiger partial charge in [0, 0.05) is 10.9 Å². The van der Waals surface area contributed by atoms with Crippen LogP contribution in [0, 0.1) is 23.7 Å². The highest BCUT2D eigenvalue weighted by molar-refractivity contribution is 7.14. The molecule has 2 N–H and O–H groups in total. The van der Waals surface area contributed by atoms with Crippen LogP contribution in [0.4, 0.5) is 5.13 Å². The molecule has 1 saturated carbocycles. The second kappa shape index (κ2) is 5.87. The standard InChI is InChI=1S/C18H16N2O3S/c21-16(14-11-6-7-12(8-11)15(14)17(22)23)20-18-19-13(9-24-18)10-4-2-1-3-5-10/h1-7,9,11-12,14-15H,8H2,(H,22,23)(H,19,20,21)/t11-,12+,14-,15+/m0/s1. The first kappa shape index (κ1) is 15.1. The van der Waals surface area contributed by atoms with Crippen molar-refractivity contribution >= 4 is 28.3 Å². The van der Waals surface area contributed by atoms with E-state index in [4.69, 9.17) is 0 Å². The van der Waals surface area contributed by atoms with Gasteiger partial charge in [-0.3, -0.25) is 9.59 Å². The fraction of sp³-hybridized carbons (Fsp3) is 0.278. The Bertz CT molecular complexity index is 815. The molecule has 5 nitrogen and oxygen atoms in total. The van der Waals surface area contributed by atoms with Gasteiger partial charge in [-0.25, -0.2) is 4.98 Å². The summed E-state index contributed by atoms with van der Waals surface area (Å²) < 4.78 is 0. The van der Waals surface area contributed by atoms with E-state index in [0.717, 1.165) is 17.7 Å². The van der Waals surface area contributed by atoms with E-state index in [9.17, 15) is 14.7 Å². The first-order valence-electron chi connectivity index (χ1n) is 7.86. The number of amides is 1. The van der Waals surface area contributed by atoms with E-state index < -0.39 is 17.8 Å². The van der Waals surface area contributed by atoms with E-state index >= 15 is 0 Å². The third-order valence-electron chi connectivity index (χ3n) is 4.85. The molecule has 0 spiro atoms. The second-order valence-corrected chi connectivity index (χ2v) is 7.09. The molecule has 1 aromatic carbocycles. The molecule has 0 unspecified atom stereocenters. The third-order valence-corrected chi connectivity index (χ3v) is 5.61. The maximum Gasteiger partial charge on any atom is 0.307 e. The topological polar surface area (TPSA) is 79.3 Å². The van der Waals surface area contributed by atoms with Crippen LogP contribution in [0.15, 0.2) is 47.9 Å². The first-order valence-corrected chi connectivity index (χ1v) is 8.74. The maximum absolute atomic E-state index is 12.6. The number of carboxylic acids is 1. The number of thiazole rings is 1. The van der Waals surface area contributed by atoms with Gasteiger partial charge in [0.15, 0.2) is 5.13 Å². The molecule has 0 radical (unpaired) electrons. The molecule has 1 heterocycles. The lowest BCUT2D eigenvalue weighted by molar-refractivity contribution is -0.146. The third kappa shape index (κ3) is 2.53. The molecule has 0 aliphatic heterocycles. The Morgan fingerprint density at radius 2 is 1.83 bits per heavy atom. The zero-order valence-electron chi connectivity index (χ0n) is 12.8. The van der Waals surface area contributed by atoms with Gasteiger partial charge in [-0.05, 0) is 18.3 Å². The van der Waals surface area contributed by atoms with Crippen LogP contribution in [0.5, 0.6) is 0 Å². The van der Waals surface area contributed by atoms with E-state index in [0.29, 0.717) is 5.13 Å². The number of nitrogens with zero attached hydrogens (tertiary/aromatic N) is 1. The summed E-state index contributed by atoms with van der Waals surface area (Å²) in [6.45, 7) is 0. The lowest BCUT2D eigenvalue weighted by Crippen LogP contribution is -2.36. The van der Waals surface area contributed by atoms with Gasteiger partial charge in [-0.2, -0.15) is 0 Å². The van der Waals surface area contributed by atoms with E-state index in [1.807, 2.05) is 47.9 Å². The van der Waals surface area contributed by atoms with Gasteiger partial charge in [0.2, 0.25) is 5.91 Å². The van der Waals surface area contributed by atoms with Crippen LogP contribution in [0.1, 0.15) is 6.42 Å². The Morgan fingerprint density at radius 3 is 2.54 bits per heavy atom. The molecule has 1 amide bonds. The summed E-state index contributed by atoms with van der Waals surface area (Å²) in [5.74, 6) is -2.29. The Kier molecular flexibility index (Phi) is 3.69. The van der Waals surface area contributed by atoms with Gasteiger partial charge in [0.1, 0.15) is 0 Å². The van der Waals surface area contributed by atoms with Crippen LogP contribution in [0.3, 0.4) is 0 Å². The molecule has 122 valence electrons. The molecule has 4 atom stereocenters. The average molecular weight is 340 g/mol. The molecule has 6 heteroatoms. The fourth-order valence-corrected chi connectivity index (χ4v) is 4.50. The van der Waals surface area contributed by atoms with Crippen LogP contribution in [-0.4, -0.2) is 22.0 Å². The number of aliphatic carboxylic acids is 1. The predicted molar refractivity (Wildman–Crippen MR) is 91.5 cm³/mol. The number of nitrogens with one attached hydrogen (secondary N) is 1. The molecule has 2 aliphatic rings. The van der Waals surface area contributed by atoms with Crippen LogP contribution in [0.2, 0.25) is 0 Å². The van der Waals surface area contributed by atoms with Crippen LogP contribution < -0.4 is 5.32 Å². The minimum Gasteiger partial charge on any atom is -0.481 e. The monoisotopic (exact) mass is 340 g/mol. The zero-order valence-corrected chi connectivity index (χ0v) is 13.6. The Morgan fingerprint density at radius 1 is 1.12 bits per heavy atom. The van der Waals surface area contributed by atoms with Crippen molar-refractivity contribution in [3.8, 4) is 11.3 Å². The molecule has 4 rings (SSSR count). The second-order valence-electron chi connectivity index (χ2n) is 6.23. The number of carboxylic acid groups (broad SMARTS) is 1. The Hall–Kier alpha value is -2.47. The Labute approximate surface area is 143 Å². The fourth-order valence-electron chi connectivity index (χ4n) is 3.78. The molecule has 1 aromatic heterocycles. The summed E-state index contributed by atoms with van der Waals surface area (Å²) in [4.78, 5) is 28.6.